The van der Waals surface area contributed by atoms with Crippen LogP contribution in [-0.2, 0) is 11.2 Å². The minimum atomic E-state index is -0.758. The van der Waals surface area contributed by atoms with E-state index in [0.29, 0.717) is 0 Å². The highest BCUT2D eigenvalue weighted by Crippen LogP contribution is 2.23. The van der Waals surface area contributed by atoms with Gasteiger partial charge in [-0.05, 0) is 42.2 Å². The summed E-state index contributed by atoms with van der Waals surface area (Å²) in [4.78, 5) is 25.7. The van der Waals surface area contributed by atoms with E-state index >= 15 is 0 Å². The standard InChI is InChI=1S/C25H25FN2O2/c1-3-18-13-9-10-17(2)23(18)28-25(30)24(19-11-5-4-6-12-19)27-16-22(29)20-14-7-8-15-21(20)26/h4-15,24,27H,3,16H2,1-2H3,(H,28,30). The number of benzene rings is 3. The Morgan fingerprint density at radius 1 is 0.933 bits per heavy atom. The Hall–Kier alpha value is -3.31. The zero-order valence-electron chi connectivity index (χ0n) is 17.1. The molecule has 3 rings (SSSR count). The number of hydrogen-bond acceptors (Lipinski definition) is 3. The Morgan fingerprint density at radius 2 is 1.63 bits per heavy atom. The molecule has 2 N–H and O–H groups in total. The predicted octanol–water partition coefficient (Wildman–Crippen LogP) is 4.85. The second-order valence-corrected chi connectivity index (χ2v) is 7.08. The number of nitrogens with one attached hydrogen (secondary N) is 2. The summed E-state index contributed by atoms with van der Waals surface area (Å²) in [5.41, 5.74) is 3.52. The molecule has 4 nitrogen and oxygen atoms in total. The van der Waals surface area contributed by atoms with Crippen LogP contribution >= 0.6 is 0 Å². The molecular weight excluding hydrogens is 379 g/mol. The van der Waals surface area contributed by atoms with Crippen molar-refractivity contribution in [3.05, 3.63) is 101 Å². The van der Waals surface area contributed by atoms with Crippen molar-refractivity contribution >= 4 is 17.4 Å². The normalized spacial score (nSPS) is 11.7. The first-order chi connectivity index (χ1) is 14.5. The summed E-state index contributed by atoms with van der Waals surface area (Å²) in [6.07, 6.45) is 0.784. The number of Topliss-reactive ketones (excluding diaryl/α,β-unsaturated/α-hetero) is 1. The number of rotatable bonds is 8. The van der Waals surface area contributed by atoms with Gasteiger partial charge in [0.05, 0.1) is 12.1 Å². The molecule has 0 heterocycles. The number of halogens is 1. The van der Waals surface area contributed by atoms with Crippen molar-refractivity contribution in [3.8, 4) is 0 Å². The highest BCUT2D eigenvalue weighted by Gasteiger charge is 2.23. The van der Waals surface area contributed by atoms with Crippen molar-refractivity contribution in [1.29, 1.82) is 0 Å². The first kappa shape index (κ1) is 21.4. The molecule has 0 fully saturated rings. The van der Waals surface area contributed by atoms with Crippen LogP contribution in [0.1, 0.15) is 40.0 Å². The Kier molecular flexibility index (Phi) is 7.09. The van der Waals surface area contributed by atoms with Crippen LogP contribution in [0.15, 0.2) is 72.8 Å². The molecule has 1 unspecified atom stereocenters. The largest absolute Gasteiger partial charge is 0.324 e. The molecule has 3 aromatic carbocycles. The third kappa shape index (κ3) is 4.99. The fourth-order valence-electron chi connectivity index (χ4n) is 3.38. The van der Waals surface area contributed by atoms with E-state index in [4.69, 9.17) is 0 Å². The fourth-order valence-corrected chi connectivity index (χ4v) is 3.38. The maximum absolute atomic E-state index is 13.9. The Labute approximate surface area is 176 Å². The molecule has 1 atom stereocenters. The van der Waals surface area contributed by atoms with Crippen LogP contribution in [0.5, 0.6) is 0 Å². The van der Waals surface area contributed by atoms with Crippen molar-refractivity contribution in [2.75, 3.05) is 11.9 Å². The van der Waals surface area contributed by atoms with Crippen LogP contribution < -0.4 is 10.6 Å². The summed E-state index contributed by atoms with van der Waals surface area (Å²) in [7, 11) is 0. The molecule has 0 saturated carbocycles. The summed E-state index contributed by atoms with van der Waals surface area (Å²) in [5.74, 6) is -1.25. The van der Waals surface area contributed by atoms with E-state index in [2.05, 4.69) is 10.6 Å². The van der Waals surface area contributed by atoms with Crippen LogP contribution in [0.4, 0.5) is 10.1 Å². The zero-order valence-corrected chi connectivity index (χ0v) is 17.1. The molecule has 0 bridgehead atoms. The van der Waals surface area contributed by atoms with Crippen molar-refractivity contribution < 1.29 is 14.0 Å². The van der Waals surface area contributed by atoms with Gasteiger partial charge in [-0.1, -0.05) is 67.6 Å². The van der Waals surface area contributed by atoms with Crippen molar-refractivity contribution in [3.63, 3.8) is 0 Å². The average molecular weight is 404 g/mol. The number of anilines is 1. The van der Waals surface area contributed by atoms with E-state index < -0.39 is 17.6 Å². The Bertz CT molecular complexity index is 1030. The van der Waals surface area contributed by atoms with Gasteiger partial charge in [-0.15, -0.1) is 0 Å². The Balaban J connectivity index is 1.82. The van der Waals surface area contributed by atoms with E-state index in [1.807, 2.05) is 62.4 Å². The summed E-state index contributed by atoms with van der Waals surface area (Å²) >= 11 is 0. The number of ketones is 1. The van der Waals surface area contributed by atoms with Gasteiger partial charge >= 0.3 is 0 Å². The maximum Gasteiger partial charge on any atom is 0.246 e. The summed E-state index contributed by atoms with van der Waals surface area (Å²) in [6, 6.07) is 20.1. The summed E-state index contributed by atoms with van der Waals surface area (Å²) in [5, 5.41) is 6.03. The van der Waals surface area contributed by atoms with E-state index in [1.54, 1.807) is 6.07 Å². The monoisotopic (exact) mass is 404 g/mol. The lowest BCUT2D eigenvalue weighted by molar-refractivity contribution is -0.118. The third-order valence-electron chi connectivity index (χ3n) is 5.02. The highest BCUT2D eigenvalue weighted by molar-refractivity contribution is 6.00. The van der Waals surface area contributed by atoms with E-state index in [9.17, 15) is 14.0 Å². The molecule has 0 aliphatic carbocycles. The van der Waals surface area contributed by atoms with Gasteiger partial charge in [-0.25, -0.2) is 4.39 Å². The van der Waals surface area contributed by atoms with Gasteiger partial charge in [-0.2, -0.15) is 0 Å². The van der Waals surface area contributed by atoms with Gasteiger partial charge in [0.2, 0.25) is 5.91 Å². The number of hydrogen-bond donors (Lipinski definition) is 2. The van der Waals surface area contributed by atoms with Gasteiger partial charge in [-0.3, -0.25) is 14.9 Å². The number of para-hydroxylation sites is 1. The van der Waals surface area contributed by atoms with E-state index in [1.165, 1.54) is 18.2 Å². The lowest BCUT2D eigenvalue weighted by Crippen LogP contribution is -2.36. The number of aryl methyl sites for hydroxylation is 2. The maximum atomic E-state index is 13.9. The smallest absolute Gasteiger partial charge is 0.246 e. The molecule has 0 aliphatic rings. The summed E-state index contributed by atoms with van der Waals surface area (Å²) < 4.78 is 13.9. The molecule has 0 spiro atoms. The highest BCUT2D eigenvalue weighted by atomic mass is 19.1. The van der Waals surface area contributed by atoms with Crippen molar-refractivity contribution in [2.24, 2.45) is 0 Å². The van der Waals surface area contributed by atoms with E-state index in [0.717, 1.165) is 28.8 Å². The first-order valence-corrected chi connectivity index (χ1v) is 9.96. The zero-order chi connectivity index (χ0) is 21.5. The number of amides is 1. The SMILES string of the molecule is CCc1cccc(C)c1NC(=O)C(NCC(=O)c1ccccc1F)c1ccccc1. The van der Waals surface area contributed by atoms with Crippen LogP contribution in [0.3, 0.4) is 0 Å². The molecule has 3 aromatic rings. The molecule has 0 aliphatic heterocycles. The third-order valence-corrected chi connectivity index (χ3v) is 5.02. The lowest BCUT2D eigenvalue weighted by atomic mass is 10.0. The van der Waals surface area contributed by atoms with Crippen LogP contribution in [0, 0.1) is 12.7 Å². The van der Waals surface area contributed by atoms with Crippen LogP contribution in [-0.4, -0.2) is 18.2 Å². The summed E-state index contributed by atoms with van der Waals surface area (Å²) in [6.45, 7) is 3.81. The first-order valence-electron chi connectivity index (χ1n) is 9.96. The number of carbonyl (C=O) groups is 2. The van der Waals surface area contributed by atoms with E-state index in [-0.39, 0.29) is 18.0 Å². The average Bonchev–Trinajstić information content (AvgIpc) is 2.76. The molecule has 154 valence electrons. The lowest BCUT2D eigenvalue weighted by Gasteiger charge is -2.21. The van der Waals surface area contributed by atoms with Gasteiger partial charge in [0, 0.05) is 5.69 Å². The van der Waals surface area contributed by atoms with Crippen molar-refractivity contribution in [2.45, 2.75) is 26.3 Å². The van der Waals surface area contributed by atoms with Gasteiger partial charge < -0.3 is 5.32 Å². The van der Waals surface area contributed by atoms with Crippen LogP contribution in [0.2, 0.25) is 0 Å². The molecule has 0 aromatic heterocycles. The molecule has 30 heavy (non-hydrogen) atoms. The second-order valence-electron chi connectivity index (χ2n) is 7.08. The predicted molar refractivity (Wildman–Crippen MR) is 117 cm³/mol. The number of carbonyl (C=O) groups excluding carboxylic acids is 2. The molecule has 5 heteroatoms. The van der Waals surface area contributed by atoms with Gasteiger partial charge in [0.1, 0.15) is 11.9 Å². The molecular formula is C25H25FN2O2. The topological polar surface area (TPSA) is 58.2 Å². The van der Waals surface area contributed by atoms with Crippen LogP contribution in [0.25, 0.3) is 0 Å². The minimum absolute atomic E-state index is 0.00407. The van der Waals surface area contributed by atoms with Gasteiger partial charge in [0.15, 0.2) is 5.78 Å². The molecule has 0 saturated heterocycles. The Morgan fingerprint density at radius 3 is 2.33 bits per heavy atom. The fraction of sp³-hybridized carbons (Fsp3) is 0.200. The minimum Gasteiger partial charge on any atom is -0.324 e. The second kappa shape index (κ2) is 9.94. The quantitative estimate of drug-likeness (QED) is 0.528. The molecule has 0 radical (unpaired) electrons. The molecule has 1 amide bonds. The van der Waals surface area contributed by atoms with Gasteiger partial charge in [0.25, 0.3) is 0 Å². The van der Waals surface area contributed by atoms with Crippen molar-refractivity contribution in [1.82, 2.24) is 5.32 Å².